The Morgan fingerprint density at radius 3 is 1.51 bits per heavy atom. The molecule has 0 bridgehead atoms. The van der Waals surface area contributed by atoms with Gasteiger partial charge in [0.2, 0.25) is 0 Å². The first kappa shape index (κ1) is 32.3. The molecule has 4 nitrogen and oxygen atoms in total. The maximum absolute atomic E-state index is 5.13. The normalized spacial score (nSPS) is 11.9. The van der Waals surface area contributed by atoms with Gasteiger partial charge in [-0.05, 0) is 71.8 Å². The van der Waals surface area contributed by atoms with Crippen LogP contribution in [0.2, 0.25) is 0 Å². The number of nitrogens with zero attached hydrogens (tertiary/aromatic N) is 4. The number of fused-ring (bicyclic) bond motifs is 9. The number of aromatic nitrogens is 4. The average molecular weight is 763 g/mol. The van der Waals surface area contributed by atoms with Crippen LogP contribution in [-0.2, 0) is 0 Å². The second-order valence-electron chi connectivity index (χ2n) is 14.4. The summed E-state index contributed by atoms with van der Waals surface area (Å²) in [5.74, 6) is 2.00. The van der Waals surface area contributed by atoms with Gasteiger partial charge in [0.25, 0.3) is 0 Å². The Hall–Kier alpha value is -6.99. The van der Waals surface area contributed by atoms with Crippen LogP contribution in [0.5, 0.6) is 0 Å². The molecule has 0 spiro atoms. The van der Waals surface area contributed by atoms with Gasteiger partial charge in [0, 0.05) is 73.5 Å². The molecule has 0 fully saturated rings. The third-order valence-corrected chi connectivity index (χ3v) is 13.3. The maximum atomic E-state index is 5.13. The second kappa shape index (κ2) is 12.8. The summed E-state index contributed by atoms with van der Waals surface area (Å²) in [4.78, 5) is 15.2. The first-order chi connectivity index (χ1) is 28.2. The highest BCUT2D eigenvalue weighted by Crippen LogP contribution is 2.41. The molecule has 12 aromatic rings. The van der Waals surface area contributed by atoms with E-state index >= 15 is 0 Å². The van der Waals surface area contributed by atoms with Crippen molar-refractivity contribution in [1.29, 1.82) is 0 Å². The van der Waals surface area contributed by atoms with Gasteiger partial charge in [-0.25, -0.2) is 15.0 Å². The predicted octanol–water partition coefficient (Wildman–Crippen LogP) is 14.4. The third-order valence-electron chi connectivity index (χ3n) is 11.1. The van der Waals surface area contributed by atoms with Gasteiger partial charge in [-0.1, -0.05) is 121 Å². The van der Waals surface area contributed by atoms with Crippen LogP contribution in [0.3, 0.4) is 0 Å². The van der Waals surface area contributed by atoms with Gasteiger partial charge in [-0.3, -0.25) is 0 Å². The van der Waals surface area contributed by atoms with Gasteiger partial charge in [-0.2, -0.15) is 0 Å². The molecular weight excluding hydrogens is 733 g/mol. The van der Waals surface area contributed by atoms with E-state index in [0.29, 0.717) is 17.5 Å². The molecule has 4 aromatic heterocycles. The molecule has 0 N–H and O–H groups in total. The SMILES string of the molecule is c1ccc(-c2nc(-c3ccc4c(c3)sc3ccccc34)nc(-c3ccc4c(c3)sc3ccc(-c5ccc6c(c5)c5ccccc5n6-c5ccccc5)cc34)n2)cc1. The highest BCUT2D eigenvalue weighted by atomic mass is 32.1. The third kappa shape index (κ3) is 5.30. The molecule has 0 amide bonds. The Labute approximate surface area is 335 Å². The van der Waals surface area contributed by atoms with Crippen LogP contribution in [-0.4, -0.2) is 19.5 Å². The Morgan fingerprint density at radius 2 is 0.789 bits per heavy atom. The minimum atomic E-state index is 0.664. The van der Waals surface area contributed by atoms with E-state index in [1.165, 1.54) is 79.0 Å². The van der Waals surface area contributed by atoms with Crippen LogP contribution >= 0.6 is 22.7 Å². The van der Waals surface area contributed by atoms with Crippen molar-refractivity contribution in [3.8, 4) is 51.0 Å². The number of rotatable bonds is 5. The number of hydrogen-bond donors (Lipinski definition) is 0. The average Bonchev–Trinajstić information content (AvgIpc) is 3.95. The summed E-state index contributed by atoms with van der Waals surface area (Å²) in [5, 5.41) is 7.53. The molecule has 0 saturated carbocycles. The first-order valence-corrected chi connectivity index (χ1v) is 20.6. The number of para-hydroxylation sites is 2. The van der Waals surface area contributed by atoms with E-state index in [9.17, 15) is 0 Å². The summed E-state index contributed by atoms with van der Waals surface area (Å²) in [5.41, 5.74) is 8.91. The Bertz CT molecular complexity index is 3530. The largest absolute Gasteiger partial charge is 0.309 e. The summed E-state index contributed by atoms with van der Waals surface area (Å²) in [6.07, 6.45) is 0. The highest BCUT2D eigenvalue weighted by Gasteiger charge is 2.17. The fourth-order valence-corrected chi connectivity index (χ4v) is 10.6. The van der Waals surface area contributed by atoms with Crippen molar-refractivity contribution < 1.29 is 0 Å². The molecule has 0 saturated heterocycles. The van der Waals surface area contributed by atoms with Crippen LogP contribution in [0.1, 0.15) is 0 Å². The van der Waals surface area contributed by atoms with Crippen molar-refractivity contribution in [2.75, 3.05) is 0 Å². The van der Waals surface area contributed by atoms with E-state index in [1.807, 2.05) is 29.5 Å². The predicted molar refractivity (Wildman–Crippen MR) is 242 cm³/mol. The second-order valence-corrected chi connectivity index (χ2v) is 16.6. The van der Waals surface area contributed by atoms with Crippen molar-refractivity contribution in [2.45, 2.75) is 0 Å². The van der Waals surface area contributed by atoms with Crippen LogP contribution < -0.4 is 0 Å². The van der Waals surface area contributed by atoms with Crippen molar-refractivity contribution >= 4 is 84.8 Å². The molecule has 57 heavy (non-hydrogen) atoms. The lowest BCUT2D eigenvalue weighted by Crippen LogP contribution is -2.00. The maximum Gasteiger partial charge on any atom is 0.164 e. The van der Waals surface area contributed by atoms with Gasteiger partial charge in [0.15, 0.2) is 17.5 Å². The van der Waals surface area contributed by atoms with E-state index in [0.717, 1.165) is 16.7 Å². The molecule has 0 radical (unpaired) electrons. The number of thiophene rings is 2. The molecular formula is C51H30N4S2. The van der Waals surface area contributed by atoms with Crippen molar-refractivity contribution in [3.63, 3.8) is 0 Å². The summed E-state index contributed by atoms with van der Waals surface area (Å²) in [7, 11) is 0. The monoisotopic (exact) mass is 762 g/mol. The lowest BCUT2D eigenvalue weighted by Gasteiger charge is -2.09. The highest BCUT2D eigenvalue weighted by molar-refractivity contribution is 7.26. The molecule has 8 aromatic carbocycles. The summed E-state index contributed by atoms with van der Waals surface area (Å²) in [6, 6.07) is 65.1. The zero-order valence-electron chi connectivity index (χ0n) is 30.4. The van der Waals surface area contributed by atoms with Crippen LogP contribution in [0.4, 0.5) is 0 Å². The smallest absolute Gasteiger partial charge is 0.164 e. The van der Waals surface area contributed by atoms with E-state index in [-0.39, 0.29) is 0 Å². The summed E-state index contributed by atoms with van der Waals surface area (Å²) >= 11 is 3.62. The molecule has 0 aliphatic carbocycles. The van der Waals surface area contributed by atoms with E-state index in [1.54, 1.807) is 11.3 Å². The Balaban J connectivity index is 0.959. The van der Waals surface area contributed by atoms with E-state index < -0.39 is 0 Å². The Kier molecular flexibility index (Phi) is 7.24. The van der Waals surface area contributed by atoms with Gasteiger partial charge in [-0.15, -0.1) is 22.7 Å². The minimum absolute atomic E-state index is 0.664. The fourth-order valence-electron chi connectivity index (χ4n) is 8.32. The zero-order valence-corrected chi connectivity index (χ0v) is 32.1. The molecule has 0 aliphatic rings. The molecule has 6 heteroatoms. The van der Waals surface area contributed by atoms with Gasteiger partial charge >= 0.3 is 0 Å². The quantitative estimate of drug-likeness (QED) is 0.175. The Morgan fingerprint density at radius 1 is 0.298 bits per heavy atom. The topological polar surface area (TPSA) is 43.6 Å². The first-order valence-electron chi connectivity index (χ1n) is 19.0. The molecule has 12 rings (SSSR count). The molecule has 266 valence electrons. The standard InChI is InChI=1S/C51H30N4S2/c1-3-11-31(12-4-1)49-52-50(34-19-23-39-38-16-8-10-18-45(38)56-47(39)29-34)54-51(53-49)35-20-24-40-42-28-33(22-26-46(42)57-48(40)30-35)32-21-25-44-41(27-32)37-15-7-9-17-43(37)55(44)36-13-5-2-6-14-36/h1-30H. The van der Waals surface area contributed by atoms with Crippen LogP contribution in [0, 0.1) is 0 Å². The van der Waals surface area contributed by atoms with Crippen LogP contribution in [0.25, 0.3) is 113 Å². The summed E-state index contributed by atoms with van der Waals surface area (Å²) in [6.45, 7) is 0. The minimum Gasteiger partial charge on any atom is -0.309 e. The number of benzene rings is 8. The molecule has 4 heterocycles. The lowest BCUT2D eigenvalue weighted by molar-refractivity contribution is 1.08. The van der Waals surface area contributed by atoms with Crippen molar-refractivity contribution in [1.82, 2.24) is 19.5 Å². The molecule has 0 aliphatic heterocycles. The summed E-state index contributed by atoms with van der Waals surface area (Å²) < 4.78 is 7.33. The van der Waals surface area contributed by atoms with E-state index in [2.05, 4.69) is 168 Å². The van der Waals surface area contributed by atoms with E-state index in [4.69, 9.17) is 15.0 Å². The molecule has 0 atom stereocenters. The lowest BCUT2D eigenvalue weighted by atomic mass is 10.0. The molecule has 0 unspecified atom stereocenters. The van der Waals surface area contributed by atoms with Crippen molar-refractivity contribution in [2.24, 2.45) is 0 Å². The van der Waals surface area contributed by atoms with Gasteiger partial charge in [0.05, 0.1) is 11.0 Å². The van der Waals surface area contributed by atoms with Gasteiger partial charge in [0.1, 0.15) is 0 Å². The van der Waals surface area contributed by atoms with Crippen LogP contribution in [0.15, 0.2) is 182 Å². The zero-order chi connectivity index (χ0) is 37.5. The fraction of sp³-hybridized carbons (Fsp3) is 0. The number of hydrogen-bond acceptors (Lipinski definition) is 5. The van der Waals surface area contributed by atoms with Crippen molar-refractivity contribution in [3.05, 3.63) is 182 Å². The van der Waals surface area contributed by atoms with Gasteiger partial charge < -0.3 is 4.57 Å².